The van der Waals surface area contributed by atoms with E-state index in [0.717, 1.165) is 42.6 Å². The van der Waals surface area contributed by atoms with E-state index in [-0.39, 0.29) is 24.5 Å². The molecule has 0 spiro atoms. The molecule has 2 atom stereocenters. The summed E-state index contributed by atoms with van der Waals surface area (Å²) in [6.45, 7) is 8.52. The van der Waals surface area contributed by atoms with Gasteiger partial charge in [-0.2, -0.15) is 0 Å². The normalized spacial score (nSPS) is 24.1. The highest BCUT2D eigenvalue weighted by molar-refractivity contribution is 5.48. The van der Waals surface area contributed by atoms with Crippen LogP contribution >= 0.6 is 0 Å². The van der Waals surface area contributed by atoms with Crippen molar-refractivity contribution in [2.24, 2.45) is 0 Å². The van der Waals surface area contributed by atoms with Gasteiger partial charge in [0.2, 0.25) is 0 Å². The molecule has 1 heterocycles. The lowest BCUT2D eigenvalue weighted by Crippen LogP contribution is -2.60. The van der Waals surface area contributed by atoms with Crippen LogP contribution in [0.5, 0.6) is 5.75 Å². The van der Waals surface area contributed by atoms with E-state index < -0.39 is 16.3 Å². The van der Waals surface area contributed by atoms with Crippen LogP contribution in [0.25, 0.3) is 0 Å². The Hall–Kier alpha value is -2.12. The quantitative estimate of drug-likeness (QED) is 0.231. The van der Waals surface area contributed by atoms with Crippen LogP contribution in [0, 0.1) is 10.1 Å². The maximum Gasteiger partial charge on any atom is 0.294 e. The molecule has 2 aliphatic rings. The molecule has 1 aliphatic carbocycles. The van der Waals surface area contributed by atoms with Crippen molar-refractivity contribution in [1.29, 1.82) is 0 Å². The Labute approximate surface area is 190 Å². The topological polar surface area (TPSA) is 102 Å². The van der Waals surface area contributed by atoms with Crippen LogP contribution in [0.1, 0.15) is 89.7 Å². The van der Waals surface area contributed by atoms with Crippen molar-refractivity contribution < 1.29 is 24.9 Å². The maximum atomic E-state index is 11.5. The van der Waals surface area contributed by atoms with Crippen LogP contribution in [0.2, 0.25) is 0 Å². The van der Waals surface area contributed by atoms with Crippen LogP contribution in [-0.2, 0) is 10.3 Å². The Morgan fingerprint density at radius 1 is 1.25 bits per heavy atom. The summed E-state index contributed by atoms with van der Waals surface area (Å²) in [6, 6.07) is 6.36. The summed E-state index contributed by atoms with van der Waals surface area (Å²) >= 11 is 0. The third kappa shape index (κ3) is 4.94. The van der Waals surface area contributed by atoms with Crippen molar-refractivity contribution in [3.63, 3.8) is 0 Å². The van der Waals surface area contributed by atoms with Crippen molar-refractivity contribution in [2.45, 2.75) is 95.2 Å². The van der Waals surface area contributed by atoms with E-state index in [4.69, 9.17) is 4.74 Å². The minimum Gasteiger partial charge on any atom is -0.485 e. The molecule has 32 heavy (non-hydrogen) atoms. The number of hydrogen-bond donors (Lipinski definition) is 2. The Morgan fingerprint density at radius 3 is 2.66 bits per heavy atom. The van der Waals surface area contributed by atoms with Crippen molar-refractivity contribution >= 4 is 0 Å². The second-order valence-electron chi connectivity index (χ2n) is 10.4. The third-order valence-electron chi connectivity index (χ3n) is 7.42. The molecule has 0 saturated heterocycles. The molecule has 0 fully saturated rings. The zero-order chi connectivity index (χ0) is 23.6. The highest BCUT2D eigenvalue weighted by Gasteiger charge is 2.56. The number of aliphatic hydroxyl groups excluding tert-OH is 1. The lowest BCUT2D eigenvalue weighted by atomic mass is 9.63. The summed E-state index contributed by atoms with van der Waals surface area (Å²) in [5.41, 5.74) is 1.39. The maximum absolute atomic E-state index is 11.5. The van der Waals surface area contributed by atoms with Gasteiger partial charge in [0.05, 0.1) is 13.2 Å². The molecule has 7 heteroatoms. The van der Waals surface area contributed by atoms with Gasteiger partial charge < -0.3 is 19.8 Å². The summed E-state index contributed by atoms with van der Waals surface area (Å²) in [6.07, 6.45) is 7.69. The van der Waals surface area contributed by atoms with E-state index in [0.29, 0.717) is 19.3 Å². The summed E-state index contributed by atoms with van der Waals surface area (Å²) in [5, 5.41) is 30.6. The molecule has 1 aromatic rings. The van der Waals surface area contributed by atoms with Gasteiger partial charge in [-0.3, -0.25) is 0 Å². The molecule has 7 nitrogen and oxygen atoms in total. The van der Waals surface area contributed by atoms with Gasteiger partial charge in [-0.1, -0.05) is 51.3 Å². The minimum atomic E-state index is -1.01. The van der Waals surface area contributed by atoms with Gasteiger partial charge in [0, 0.05) is 11.5 Å². The molecule has 1 aliphatic heterocycles. The molecular formula is C25H37NO6. The monoisotopic (exact) mass is 447 g/mol. The number of ether oxygens (including phenoxy) is 1. The molecule has 2 N–H and O–H groups in total. The lowest BCUT2D eigenvalue weighted by Gasteiger charge is -2.53. The lowest BCUT2D eigenvalue weighted by molar-refractivity contribution is -0.757. The van der Waals surface area contributed by atoms with Crippen LogP contribution < -0.4 is 4.74 Å². The van der Waals surface area contributed by atoms with Gasteiger partial charge in [0.25, 0.3) is 5.09 Å². The summed E-state index contributed by atoms with van der Waals surface area (Å²) in [5.74, 6) is 0.721. The zero-order valence-electron chi connectivity index (χ0n) is 19.7. The SMILES string of the molecule is CC(C)(CCCCCCO[N+](=O)[O-])c1ccc2c(c1)OC(C)(C)[C@@]1(O)CC=C(CO)C[C@H]21. The Bertz CT molecular complexity index is 862. The minimum absolute atomic E-state index is 0.0203. The molecular weight excluding hydrogens is 410 g/mol. The van der Waals surface area contributed by atoms with Crippen LogP contribution in [0.3, 0.4) is 0 Å². The first-order valence-corrected chi connectivity index (χ1v) is 11.6. The van der Waals surface area contributed by atoms with Crippen LogP contribution in [-0.4, -0.2) is 39.7 Å². The smallest absolute Gasteiger partial charge is 0.294 e. The number of benzene rings is 1. The third-order valence-corrected chi connectivity index (χ3v) is 7.42. The zero-order valence-corrected chi connectivity index (χ0v) is 19.7. The molecule has 0 saturated carbocycles. The Balaban J connectivity index is 1.70. The standard InChI is InChI=1S/C25H37NO6/c1-23(2,12-7-5-6-8-14-31-26(29)30)19-9-10-20-21-15-18(17-27)11-13-25(21,28)24(3,4)32-22(20)16-19/h9-11,16,21,27-28H,5-8,12-15,17H2,1-4H3/t21-,25-/m1/s1. The number of nitrogens with zero attached hydrogens (tertiary/aromatic N) is 1. The summed E-state index contributed by atoms with van der Waals surface area (Å²) in [7, 11) is 0. The van der Waals surface area contributed by atoms with Crippen LogP contribution in [0.4, 0.5) is 0 Å². The van der Waals surface area contributed by atoms with E-state index in [9.17, 15) is 20.3 Å². The number of unbranched alkanes of at least 4 members (excludes halogenated alkanes) is 3. The van der Waals surface area contributed by atoms with Crippen LogP contribution in [0.15, 0.2) is 29.8 Å². The Kier molecular flexibility index (Phi) is 7.20. The highest BCUT2D eigenvalue weighted by atomic mass is 16.9. The molecule has 0 radical (unpaired) electrons. The predicted octanol–water partition coefficient (Wildman–Crippen LogP) is 4.82. The van der Waals surface area contributed by atoms with Gasteiger partial charge in [0.15, 0.2) is 0 Å². The van der Waals surface area contributed by atoms with Crippen molar-refractivity contribution in [3.05, 3.63) is 51.1 Å². The molecule has 0 aromatic heterocycles. The first-order chi connectivity index (χ1) is 15.0. The fourth-order valence-electron chi connectivity index (χ4n) is 5.12. The molecule has 3 rings (SSSR count). The first-order valence-electron chi connectivity index (χ1n) is 11.6. The van der Waals surface area contributed by atoms with Crippen molar-refractivity contribution in [2.75, 3.05) is 13.2 Å². The predicted molar refractivity (Wildman–Crippen MR) is 122 cm³/mol. The van der Waals surface area contributed by atoms with Gasteiger partial charge in [-0.25, -0.2) is 0 Å². The van der Waals surface area contributed by atoms with E-state index >= 15 is 0 Å². The summed E-state index contributed by atoms with van der Waals surface area (Å²) in [4.78, 5) is 14.6. The van der Waals surface area contributed by atoms with E-state index in [1.807, 2.05) is 19.9 Å². The average molecular weight is 448 g/mol. The van der Waals surface area contributed by atoms with Crippen molar-refractivity contribution in [1.82, 2.24) is 0 Å². The number of aliphatic hydroxyl groups is 2. The van der Waals surface area contributed by atoms with Gasteiger partial charge in [-0.05, 0) is 62.1 Å². The molecule has 0 amide bonds. The second-order valence-corrected chi connectivity index (χ2v) is 10.4. The van der Waals surface area contributed by atoms with Gasteiger partial charge in [-0.15, -0.1) is 10.1 Å². The molecule has 1 aromatic carbocycles. The molecule has 0 bridgehead atoms. The van der Waals surface area contributed by atoms with Gasteiger partial charge >= 0.3 is 0 Å². The average Bonchev–Trinajstić information content (AvgIpc) is 2.72. The van der Waals surface area contributed by atoms with Gasteiger partial charge in [0.1, 0.15) is 17.0 Å². The van der Waals surface area contributed by atoms with E-state index in [2.05, 4.69) is 36.9 Å². The Morgan fingerprint density at radius 2 is 1.97 bits per heavy atom. The number of hydrogen-bond acceptors (Lipinski definition) is 6. The fourth-order valence-corrected chi connectivity index (χ4v) is 5.12. The highest BCUT2D eigenvalue weighted by Crippen LogP contribution is 2.54. The van der Waals surface area contributed by atoms with Crippen molar-refractivity contribution in [3.8, 4) is 5.75 Å². The summed E-state index contributed by atoms with van der Waals surface area (Å²) < 4.78 is 6.38. The first kappa shape index (κ1) is 24.5. The van der Waals surface area contributed by atoms with E-state index in [1.54, 1.807) is 0 Å². The van der Waals surface area contributed by atoms with E-state index in [1.165, 1.54) is 5.56 Å². The largest absolute Gasteiger partial charge is 0.485 e. The number of fused-ring (bicyclic) bond motifs is 3. The molecule has 0 unspecified atom stereocenters. The number of rotatable bonds is 10. The second kappa shape index (κ2) is 9.40. The molecule has 178 valence electrons. The fraction of sp³-hybridized carbons (Fsp3) is 0.680.